The molecule has 2 saturated heterocycles. The summed E-state index contributed by atoms with van der Waals surface area (Å²) in [4.78, 5) is 19.0. The molecule has 2 fully saturated rings. The molecule has 2 rings (SSSR count). The third-order valence-corrected chi connectivity index (χ3v) is 4.56. The predicted octanol–water partition coefficient (Wildman–Crippen LogP) is 1.41. The summed E-state index contributed by atoms with van der Waals surface area (Å²) in [5, 5.41) is 0. The summed E-state index contributed by atoms with van der Waals surface area (Å²) in [6.45, 7) is 5.20. The SMILES string of the molecule is CN(C)C1CCCN(CCC(=O)N2CCCCC2)C1. The molecule has 2 heterocycles. The second kappa shape index (κ2) is 7.25. The van der Waals surface area contributed by atoms with E-state index in [1.807, 2.05) is 0 Å². The molecule has 0 aromatic carbocycles. The number of piperidine rings is 2. The van der Waals surface area contributed by atoms with Crippen LogP contribution < -0.4 is 0 Å². The van der Waals surface area contributed by atoms with E-state index in [4.69, 9.17) is 0 Å². The first-order valence-electron chi connectivity index (χ1n) is 7.83. The van der Waals surface area contributed by atoms with Gasteiger partial charge >= 0.3 is 0 Å². The summed E-state index contributed by atoms with van der Waals surface area (Å²) in [5.41, 5.74) is 0. The smallest absolute Gasteiger partial charge is 0.223 e. The number of likely N-dealkylation sites (tertiary alicyclic amines) is 2. The third kappa shape index (κ3) is 4.46. The van der Waals surface area contributed by atoms with Crippen molar-refractivity contribution >= 4 is 5.91 Å². The summed E-state index contributed by atoms with van der Waals surface area (Å²) in [6.07, 6.45) is 6.95. The molecule has 2 aliphatic heterocycles. The molecule has 4 nitrogen and oxygen atoms in total. The van der Waals surface area contributed by atoms with Crippen molar-refractivity contribution in [3.8, 4) is 0 Å². The molecule has 110 valence electrons. The molecule has 4 heteroatoms. The molecule has 0 aromatic rings. The van der Waals surface area contributed by atoms with Gasteiger partial charge in [0.05, 0.1) is 0 Å². The van der Waals surface area contributed by atoms with Crippen LogP contribution in [0.1, 0.15) is 38.5 Å². The maximum Gasteiger partial charge on any atom is 0.223 e. The van der Waals surface area contributed by atoms with Crippen LogP contribution in [0.4, 0.5) is 0 Å². The van der Waals surface area contributed by atoms with E-state index in [-0.39, 0.29) is 0 Å². The number of nitrogens with zero attached hydrogens (tertiary/aromatic N) is 3. The second-order valence-electron chi connectivity index (χ2n) is 6.25. The number of rotatable bonds is 4. The van der Waals surface area contributed by atoms with E-state index in [1.54, 1.807) is 0 Å². The monoisotopic (exact) mass is 267 g/mol. The number of amides is 1. The van der Waals surface area contributed by atoms with Gasteiger partial charge in [-0.05, 0) is 52.7 Å². The minimum Gasteiger partial charge on any atom is -0.343 e. The minimum absolute atomic E-state index is 0.367. The van der Waals surface area contributed by atoms with E-state index in [0.717, 1.165) is 32.7 Å². The first kappa shape index (κ1) is 14.8. The number of carbonyl (C=O) groups is 1. The lowest BCUT2D eigenvalue weighted by Crippen LogP contribution is -2.46. The lowest BCUT2D eigenvalue weighted by atomic mass is 10.0. The van der Waals surface area contributed by atoms with Gasteiger partial charge in [0.25, 0.3) is 0 Å². The van der Waals surface area contributed by atoms with E-state index < -0.39 is 0 Å². The number of hydrogen-bond acceptors (Lipinski definition) is 3. The zero-order valence-corrected chi connectivity index (χ0v) is 12.6. The van der Waals surface area contributed by atoms with Crippen molar-refractivity contribution in [1.82, 2.24) is 14.7 Å². The zero-order chi connectivity index (χ0) is 13.7. The van der Waals surface area contributed by atoms with Crippen LogP contribution in [0.5, 0.6) is 0 Å². The highest BCUT2D eigenvalue weighted by Crippen LogP contribution is 2.15. The highest BCUT2D eigenvalue weighted by Gasteiger charge is 2.22. The van der Waals surface area contributed by atoms with Crippen LogP contribution in [0.2, 0.25) is 0 Å². The van der Waals surface area contributed by atoms with Crippen LogP contribution in [-0.2, 0) is 4.79 Å². The van der Waals surface area contributed by atoms with Crippen LogP contribution >= 0.6 is 0 Å². The largest absolute Gasteiger partial charge is 0.343 e. The van der Waals surface area contributed by atoms with Crippen molar-refractivity contribution in [3.63, 3.8) is 0 Å². The van der Waals surface area contributed by atoms with Gasteiger partial charge in [-0.1, -0.05) is 0 Å². The number of likely N-dealkylation sites (N-methyl/N-ethyl adjacent to an activating group) is 1. The third-order valence-electron chi connectivity index (χ3n) is 4.56. The molecule has 1 atom stereocenters. The quantitative estimate of drug-likeness (QED) is 0.771. The Morgan fingerprint density at radius 1 is 1.11 bits per heavy atom. The fourth-order valence-electron chi connectivity index (χ4n) is 3.21. The summed E-state index contributed by atoms with van der Waals surface area (Å²) < 4.78 is 0. The van der Waals surface area contributed by atoms with Crippen LogP contribution in [-0.4, -0.2) is 73.5 Å². The molecule has 0 radical (unpaired) electrons. The summed E-state index contributed by atoms with van der Waals surface area (Å²) >= 11 is 0. The Hall–Kier alpha value is -0.610. The standard InChI is InChI=1S/C15H29N3O/c1-16(2)14-7-6-9-17(13-14)12-8-15(19)18-10-4-3-5-11-18/h14H,3-13H2,1-2H3. The normalized spacial score (nSPS) is 25.8. The van der Waals surface area contributed by atoms with Gasteiger partial charge in [0, 0.05) is 38.6 Å². The van der Waals surface area contributed by atoms with Gasteiger partial charge in [0.1, 0.15) is 0 Å². The van der Waals surface area contributed by atoms with Crippen LogP contribution in [0.15, 0.2) is 0 Å². The Balaban J connectivity index is 1.70. The van der Waals surface area contributed by atoms with Crippen molar-refractivity contribution in [2.24, 2.45) is 0 Å². The highest BCUT2D eigenvalue weighted by atomic mass is 16.2. The van der Waals surface area contributed by atoms with Crippen molar-refractivity contribution in [2.45, 2.75) is 44.6 Å². The summed E-state index contributed by atoms with van der Waals surface area (Å²) in [5.74, 6) is 0.367. The molecule has 1 amide bonds. The molecule has 0 spiro atoms. The van der Waals surface area contributed by atoms with E-state index in [1.165, 1.54) is 32.1 Å². The lowest BCUT2D eigenvalue weighted by Gasteiger charge is -2.36. The molecule has 19 heavy (non-hydrogen) atoms. The van der Waals surface area contributed by atoms with E-state index in [9.17, 15) is 4.79 Å². The fourth-order valence-corrected chi connectivity index (χ4v) is 3.21. The zero-order valence-electron chi connectivity index (χ0n) is 12.6. The highest BCUT2D eigenvalue weighted by molar-refractivity contribution is 5.76. The van der Waals surface area contributed by atoms with Crippen LogP contribution in [0.25, 0.3) is 0 Å². The van der Waals surface area contributed by atoms with Gasteiger partial charge in [-0.3, -0.25) is 4.79 Å². The maximum atomic E-state index is 12.1. The molecule has 1 unspecified atom stereocenters. The molecule has 0 aliphatic carbocycles. The van der Waals surface area contributed by atoms with Crippen molar-refractivity contribution in [2.75, 3.05) is 46.8 Å². The topological polar surface area (TPSA) is 26.8 Å². The summed E-state index contributed by atoms with van der Waals surface area (Å²) in [6, 6.07) is 0.666. The number of hydrogen-bond donors (Lipinski definition) is 0. The van der Waals surface area contributed by atoms with E-state index in [0.29, 0.717) is 18.4 Å². The van der Waals surface area contributed by atoms with Crippen LogP contribution in [0, 0.1) is 0 Å². The first-order chi connectivity index (χ1) is 9.16. The lowest BCUT2D eigenvalue weighted by molar-refractivity contribution is -0.132. The Bertz CT molecular complexity index is 287. The molecular formula is C15H29N3O. The average Bonchev–Trinajstić information content (AvgIpc) is 2.46. The van der Waals surface area contributed by atoms with E-state index in [2.05, 4.69) is 28.8 Å². The Labute approximate surface area is 117 Å². The van der Waals surface area contributed by atoms with Gasteiger partial charge in [0.15, 0.2) is 0 Å². The number of carbonyl (C=O) groups excluding carboxylic acids is 1. The van der Waals surface area contributed by atoms with E-state index >= 15 is 0 Å². The molecule has 0 saturated carbocycles. The molecule has 2 aliphatic rings. The van der Waals surface area contributed by atoms with Crippen molar-refractivity contribution in [1.29, 1.82) is 0 Å². The molecule has 0 bridgehead atoms. The average molecular weight is 267 g/mol. The van der Waals surface area contributed by atoms with Crippen LogP contribution in [0.3, 0.4) is 0 Å². The van der Waals surface area contributed by atoms with Gasteiger partial charge < -0.3 is 14.7 Å². The molecule has 0 N–H and O–H groups in total. The fraction of sp³-hybridized carbons (Fsp3) is 0.933. The van der Waals surface area contributed by atoms with Crippen molar-refractivity contribution in [3.05, 3.63) is 0 Å². The molecular weight excluding hydrogens is 238 g/mol. The summed E-state index contributed by atoms with van der Waals surface area (Å²) in [7, 11) is 4.32. The first-order valence-corrected chi connectivity index (χ1v) is 7.83. The Kier molecular flexibility index (Phi) is 5.64. The second-order valence-corrected chi connectivity index (χ2v) is 6.25. The van der Waals surface area contributed by atoms with Gasteiger partial charge in [0.2, 0.25) is 5.91 Å². The van der Waals surface area contributed by atoms with Gasteiger partial charge in [-0.15, -0.1) is 0 Å². The van der Waals surface area contributed by atoms with Crippen molar-refractivity contribution < 1.29 is 4.79 Å². The Morgan fingerprint density at radius 2 is 1.84 bits per heavy atom. The van der Waals surface area contributed by atoms with Gasteiger partial charge in [-0.2, -0.15) is 0 Å². The maximum absolute atomic E-state index is 12.1. The molecule has 0 aromatic heterocycles. The predicted molar refractivity (Wildman–Crippen MR) is 78.2 cm³/mol. The minimum atomic E-state index is 0.367. The Morgan fingerprint density at radius 3 is 2.53 bits per heavy atom. The van der Waals surface area contributed by atoms with Gasteiger partial charge in [-0.25, -0.2) is 0 Å².